The van der Waals surface area contributed by atoms with Crippen molar-refractivity contribution in [3.8, 4) is 5.75 Å². The van der Waals surface area contributed by atoms with Crippen LogP contribution >= 0.6 is 11.8 Å². The van der Waals surface area contributed by atoms with E-state index in [1.807, 2.05) is 0 Å². The SMILES string of the molecule is Cc1cc(OCCSc2n[nH]c(C(C)C)n2)ccc1C(C)C. The number of nitrogens with zero attached hydrogens (tertiary/aromatic N) is 2. The summed E-state index contributed by atoms with van der Waals surface area (Å²) < 4.78 is 5.81. The zero-order chi connectivity index (χ0) is 16.1. The Hall–Kier alpha value is -1.49. The molecule has 1 aromatic heterocycles. The van der Waals surface area contributed by atoms with E-state index in [4.69, 9.17) is 4.74 Å². The van der Waals surface area contributed by atoms with Crippen molar-refractivity contribution in [3.05, 3.63) is 35.2 Å². The van der Waals surface area contributed by atoms with Crippen LogP contribution in [0.15, 0.2) is 23.4 Å². The first-order valence-electron chi connectivity index (χ1n) is 7.75. The highest BCUT2D eigenvalue weighted by Gasteiger charge is 2.07. The molecule has 0 bridgehead atoms. The van der Waals surface area contributed by atoms with Crippen molar-refractivity contribution in [1.82, 2.24) is 15.2 Å². The Kier molecular flexibility index (Phi) is 5.89. The van der Waals surface area contributed by atoms with E-state index in [-0.39, 0.29) is 0 Å². The minimum absolute atomic E-state index is 0.376. The standard InChI is InChI=1S/C17H25N3OS/c1-11(2)15-7-6-14(10-13(15)5)21-8-9-22-17-18-16(12(3)4)19-20-17/h6-7,10-12H,8-9H2,1-5H3,(H,18,19,20). The Bertz CT molecular complexity index is 608. The van der Waals surface area contributed by atoms with Crippen LogP contribution in [0, 0.1) is 6.92 Å². The summed E-state index contributed by atoms with van der Waals surface area (Å²) >= 11 is 1.61. The second-order valence-corrected chi connectivity index (χ2v) is 7.09. The van der Waals surface area contributed by atoms with Crippen molar-refractivity contribution < 1.29 is 4.74 Å². The van der Waals surface area contributed by atoms with Gasteiger partial charge in [0, 0.05) is 11.7 Å². The maximum atomic E-state index is 5.81. The number of thioether (sulfide) groups is 1. The van der Waals surface area contributed by atoms with Gasteiger partial charge >= 0.3 is 0 Å². The molecule has 0 saturated carbocycles. The first kappa shape index (κ1) is 16.9. The maximum Gasteiger partial charge on any atom is 0.208 e. The number of aromatic nitrogens is 3. The first-order valence-corrected chi connectivity index (χ1v) is 8.74. The van der Waals surface area contributed by atoms with Crippen LogP contribution in [0.5, 0.6) is 5.75 Å². The number of hydrogen-bond donors (Lipinski definition) is 1. The van der Waals surface area contributed by atoms with Gasteiger partial charge < -0.3 is 4.74 Å². The molecule has 0 aliphatic carbocycles. The number of benzene rings is 1. The van der Waals surface area contributed by atoms with Crippen molar-refractivity contribution in [2.45, 2.75) is 51.6 Å². The van der Waals surface area contributed by atoms with Crippen molar-refractivity contribution >= 4 is 11.8 Å². The fourth-order valence-corrected chi connectivity index (χ4v) is 2.88. The molecular formula is C17H25N3OS. The molecule has 1 N–H and O–H groups in total. The van der Waals surface area contributed by atoms with Crippen LogP contribution in [0.4, 0.5) is 0 Å². The second kappa shape index (κ2) is 7.68. The Morgan fingerprint density at radius 3 is 2.55 bits per heavy atom. The van der Waals surface area contributed by atoms with Crippen LogP contribution in [-0.2, 0) is 0 Å². The summed E-state index contributed by atoms with van der Waals surface area (Å²) in [4.78, 5) is 4.44. The van der Waals surface area contributed by atoms with Crippen LogP contribution in [0.3, 0.4) is 0 Å². The summed E-state index contributed by atoms with van der Waals surface area (Å²) in [5.41, 5.74) is 2.67. The number of aromatic amines is 1. The Morgan fingerprint density at radius 2 is 1.95 bits per heavy atom. The number of H-pyrrole nitrogens is 1. The lowest BCUT2D eigenvalue weighted by Crippen LogP contribution is -2.01. The summed E-state index contributed by atoms with van der Waals surface area (Å²) in [5.74, 6) is 3.62. The smallest absolute Gasteiger partial charge is 0.208 e. The van der Waals surface area contributed by atoms with Gasteiger partial charge in [0.2, 0.25) is 5.16 Å². The summed E-state index contributed by atoms with van der Waals surface area (Å²) in [6, 6.07) is 6.33. The molecule has 5 heteroatoms. The molecule has 0 unspecified atom stereocenters. The van der Waals surface area contributed by atoms with E-state index in [0.29, 0.717) is 18.4 Å². The number of ether oxygens (including phenoxy) is 1. The van der Waals surface area contributed by atoms with E-state index in [2.05, 4.69) is 68.0 Å². The maximum absolute atomic E-state index is 5.81. The Balaban J connectivity index is 1.80. The molecule has 0 radical (unpaired) electrons. The molecule has 2 aromatic rings. The quantitative estimate of drug-likeness (QED) is 0.601. The van der Waals surface area contributed by atoms with Crippen LogP contribution in [0.1, 0.15) is 56.5 Å². The molecule has 22 heavy (non-hydrogen) atoms. The summed E-state index contributed by atoms with van der Waals surface area (Å²) in [6.45, 7) is 11.4. The van der Waals surface area contributed by atoms with Gasteiger partial charge in [0.05, 0.1) is 6.61 Å². The highest BCUT2D eigenvalue weighted by Crippen LogP contribution is 2.24. The fraction of sp³-hybridized carbons (Fsp3) is 0.529. The topological polar surface area (TPSA) is 50.8 Å². The minimum atomic E-state index is 0.376. The van der Waals surface area contributed by atoms with Gasteiger partial charge in [0.1, 0.15) is 11.6 Å². The van der Waals surface area contributed by atoms with E-state index in [1.165, 1.54) is 11.1 Å². The third-order valence-corrected chi connectivity index (χ3v) is 4.29. The average molecular weight is 319 g/mol. The van der Waals surface area contributed by atoms with Gasteiger partial charge in [0.15, 0.2) is 0 Å². The van der Waals surface area contributed by atoms with Gasteiger partial charge in [-0.15, -0.1) is 5.10 Å². The Labute approximate surface area is 137 Å². The number of rotatable bonds is 7. The third-order valence-electron chi connectivity index (χ3n) is 3.48. The largest absolute Gasteiger partial charge is 0.493 e. The highest BCUT2D eigenvalue weighted by molar-refractivity contribution is 7.99. The van der Waals surface area contributed by atoms with E-state index >= 15 is 0 Å². The van der Waals surface area contributed by atoms with E-state index in [0.717, 1.165) is 22.5 Å². The molecule has 0 atom stereocenters. The van der Waals surface area contributed by atoms with Crippen molar-refractivity contribution in [1.29, 1.82) is 0 Å². The fourth-order valence-electron chi connectivity index (χ4n) is 2.26. The summed E-state index contributed by atoms with van der Waals surface area (Å²) in [5, 5.41) is 7.95. The molecule has 1 aromatic carbocycles. The average Bonchev–Trinajstić information content (AvgIpc) is 2.92. The van der Waals surface area contributed by atoms with Crippen LogP contribution in [0.25, 0.3) is 0 Å². The minimum Gasteiger partial charge on any atom is -0.493 e. The molecule has 1 heterocycles. The van der Waals surface area contributed by atoms with Crippen LogP contribution < -0.4 is 4.74 Å². The van der Waals surface area contributed by atoms with Crippen LogP contribution in [-0.4, -0.2) is 27.5 Å². The molecule has 0 saturated heterocycles. The summed E-state index contributed by atoms with van der Waals surface area (Å²) in [7, 11) is 0. The van der Waals surface area contributed by atoms with Crippen molar-refractivity contribution in [2.24, 2.45) is 0 Å². The number of hydrogen-bond acceptors (Lipinski definition) is 4. The molecule has 2 rings (SSSR count). The third kappa shape index (κ3) is 4.50. The molecule has 0 aliphatic rings. The van der Waals surface area contributed by atoms with Gasteiger partial charge in [-0.3, -0.25) is 5.10 Å². The van der Waals surface area contributed by atoms with Gasteiger partial charge in [-0.2, -0.15) is 0 Å². The normalized spacial score (nSPS) is 11.4. The molecule has 4 nitrogen and oxygen atoms in total. The summed E-state index contributed by atoms with van der Waals surface area (Å²) in [6.07, 6.45) is 0. The number of aryl methyl sites for hydroxylation is 1. The molecule has 120 valence electrons. The van der Waals surface area contributed by atoms with E-state index < -0.39 is 0 Å². The van der Waals surface area contributed by atoms with Gasteiger partial charge in [-0.1, -0.05) is 45.5 Å². The lowest BCUT2D eigenvalue weighted by Gasteiger charge is -2.12. The molecule has 0 fully saturated rings. The lowest BCUT2D eigenvalue weighted by molar-refractivity contribution is 0.343. The predicted octanol–water partition coefficient (Wildman–Crippen LogP) is 4.53. The first-order chi connectivity index (χ1) is 10.5. The number of nitrogens with one attached hydrogen (secondary N) is 1. The Morgan fingerprint density at radius 1 is 1.18 bits per heavy atom. The molecule has 0 spiro atoms. The van der Waals surface area contributed by atoms with Gasteiger partial charge in [-0.25, -0.2) is 4.98 Å². The van der Waals surface area contributed by atoms with E-state index in [1.54, 1.807) is 11.8 Å². The van der Waals surface area contributed by atoms with Gasteiger partial charge in [0.25, 0.3) is 0 Å². The molecular weight excluding hydrogens is 294 g/mol. The van der Waals surface area contributed by atoms with E-state index in [9.17, 15) is 0 Å². The molecule has 0 amide bonds. The monoisotopic (exact) mass is 319 g/mol. The predicted molar refractivity (Wildman–Crippen MR) is 92.0 cm³/mol. The van der Waals surface area contributed by atoms with Crippen LogP contribution in [0.2, 0.25) is 0 Å². The van der Waals surface area contributed by atoms with Crippen molar-refractivity contribution in [3.63, 3.8) is 0 Å². The van der Waals surface area contributed by atoms with Crippen molar-refractivity contribution in [2.75, 3.05) is 12.4 Å². The zero-order valence-electron chi connectivity index (χ0n) is 14.0. The lowest BCUT2D eigenvalue weighted by atomic mass is 9.98. The molecule has 0 aliphatic heterocycles. The zero-order valence-corrected chi connectivity index (χ0v) is 14.8. The second-order valence-electron chi connectivity index (χ2n) is 6.03. The highest BCUT2D eigenvalue weighted by atomic mass is 32.2. The van der Waals surface area contributed by atoms with Gasteiger partial charge in [-0.05, 0) is 36.1 Å².